The van der Waals surface area contributed by atoms with Gasteiger partial charge in [0.25, 0.3) is 0 Å². The Morgan fingerprint density at radius 3 is 1.14 bits per heavy atom. The molecule has 2 N–H and O–H groups in total. The van der Waals surface area contributed by atoms with E-state index in [0.717, 1.165) is 28.3 Å². The van der Waals surface area contributed by atoms with Crippen LogP contribution < -0.4 is 10.6 Å². The molecule has 14 aromatic rings. The zero-order valence-corrected chi connectivity index (χ0v) is 43.9. The van der Waals surface area contributed by atoms with Crippen molar-refractivity contribution in [3.8, 4) is 44.5 Å². The van der Waals surface area contributed by atoms with Crippen molar-refractivity contribution in [2.75, 3.05) is 10.6 Å². The van der Waals surface area contributed by atoms with Crippen molar-refractivity contribution in [3.05, 3.63) is 348 Å². The first-order chi connectivity index (χ1) is 39.7. The van der Waals surface area contributed by atoms with Gasteiger partial charge < -0.3 is 10.6 Å². The van der Waals surface area contributed by atoms with Gasteiger partial charge in [0.2, 0.25) is 0 Å². The molecule has 2 aliphatic rings. The summed E-state index contributed by atoms with van der Waals surface area (Å²) in [6.45, 7) is 0. The summed E-state index contributed by atoms with van der Waals surface area (Å²) in [5.74, 6) is 0. The molecule has 0 aliphatic heterocycles. The van der Waals surface area contributed by atoms with Gasteiger partial charge in [0.15, 0.2) is 0 Å². The highest BCUT2D eigenvalue weighted by atomic mass is 14.9. The number of rotatable bonds is 10. The van der Waals surface area contributed by atoms with Crippen LogP contribution in [-0.4, -0.2) is 0 Å². The highest BCUT2D eigenvalue weighted by Crippen LogP contribution is 2.59. The summed E-state index contributed by atoms with van der Waals surface area (Å²) in [7, 11) is 0. The molecule has 0 spiro atoms. The van der Waals surface area contributed by atoms with E-state index in [9.17, 15) is 0 Å². The fourth-order valence-corrected chi connectivity index (χ4v) is 14.4. The maximum atomic E-state index is 4.22. The number of hydrogen-bond donors (Lipinski definition) is 2. The average molecular weight is 1020 g/mol. The molecule has 0 unspecified atom stereocenters. The third-order valence-electron chi connectivity index (χ3n) is 17.5. The van der Waals surface area contributed by atoms with Crippen LogP contribution in [-0.2, 0) is 10.8 Å². The monoisotopic (exact) mass is 1020 g/mol. The maximum Gasteiger partial charge on any atom is 0.0714 e. The summed E-state index contributed by atoms with van der Waals surface area (Å²) in [5.41, 5.74) is 23.1. The lowest BCUT2D eigenvalue weighted by atomic mass is 9.67. The molecule has 2 heteroatoms. The number of hydrogen-bond acceptors (Lipinski definition) is 2. The molecule has 2 nitrogen and oxygen atoms in total. The van der Waals surface area contributed by atoms with Gasteiger partial charge in [-0.1, -0.05) is 273 Å². The van der Waals surface area contributed by atoms with Crippen LogP contribution in [0.2, 0.25) is 0 Å². The van der Waals surface area contributed by atoms with E-state index in [1.165, 1.54) is 116 Å². The molecule has 80 heavy (non-hydrogen) atoms. The number of nitrogens with one attached hydrogen (secondary N) is 2. The van der Waals surface area contributed by atoms with E-state index in [1.54, 1.807) is 0 Å². The third kappa shape index (κ3) is 6.66. The SMILES string of the molecule is c1ccc(-c2c(Nc3cccc(C4(c5ccccc5)c5ccccc5-c5ccccc54)c3)c3ccc4ccc(Nc5cccc(C6(c7ccccc7)c7ccccc7-c7ccccc76)c5)c5ccc(c2-c2ccccc2)c3c45)cc1. The summed E-state index contributed by atoms with van der Waals surface area (Å²) in [6.07, 6.45) is 0. The largest absolute Gasteiger partial charge is 0.355 e. The summed E-state index contributed by atoms with van der Waals surface area (Å²) in [6, 6.07) is 112. The van der Waals surface area contributed by atoms with Gasteiger partial charge in [-0.15, -0.1) is 0 Å². The standard InChI is InChI=1S/C78H52N2/c1-5-23-51(24-6-1)73-65-47-46-64-71(79-58-33-21-31-56(49-58)77(54-27-9-3-10-28-54)67-39-17-13-35-60(67)61-36-14-18-40-68(61)77)48-44-53-43-45-66(75(65)72(53)64)76(74(73)52-25-7-2-8-26-52)80-59-34-22-32-57(50-59)78(55-29-11-4-12-30-55)69-41-19-15-37-62(69)63-38-16-20-42-70(63)78/h1-50,79-80H. The van der Waals surface area contributed by atoms with Crippen LogP contribution in [0.3, 0.4) is 0 Å². The minimum atomic E-state index is -0.538. The van der Waals surface area contributed by atoms with E-state index >= 15 is 0 Å². The van der Waals surface area contributed by atoms with Gasteiger partial charge in [-0.3, -0.25) is 0 Å². The first-order valence-electron chi connectivity index (χ1n) is 27.8. The molecule has 0 fully saturated rings. The predicted octanol–water partition coefficient (Wildman–Crippen LogP) is 20.1. The fourth-order valence-electron chi connectivity index (χ4n) is 14.4. The topological polar surface area (TPSA) is 24.1 Å². The Morgan fingerprint density at radius 1 is 0.250 bits per heavy atom. The van der Waals surface area contributed by atoms with E-state index in [1.807, 2.05) is 0 Å². The number of benzene rings is 14. The molecule has 0 saturated carbocycles. The fraction of sp³-hybridized carbons (Fsp3) is 0.0256. The summed E-state index contributed by atoms with van der Waals surface area (Å²) < 4.78 is 0. The lowest BCUT2D eigenvalue weighted by molar-refractivity contribution is 0.769. The Hall–Kier alpha value is -10.3. The number of fused-ring (bicyclic) bond motifs is 6. The lowest BCUT2D eigenvalue weighted by Gasteiger charge is -2.34. The van der Waals surface area contributed by atoms with Crippen LogP contribution in [0.5, 0.6) is 0 Å². The molecule has 14 aromatic carbocycles. The van der Waals surface area contributed by atoms with Gasteiger partial charge in [-0.05, 0) is 130 Å². The second-order valence-corrected chi connectivity index (χ2v) is 21.5. The van der Waals surface area contributed by atoms with Gasteiger partial charge >= 0.3 is 0 Å². The van der Waals surface area contributed by atoms with Crippen LogP contribution in [0.1, 0.15) is 44.5 Å². The molecule has 0 atom stereocenters. The van der Waals surface area contributed by atoms with E-state index in [2.05, 4.69) is 314 Å². The lowest BCUT2D eigenvalue weighted by Crippen LogP contribution is -2.28. The Balaban J connectivity index is 0.899. The van der Waals surface area contributed by atoms with Gasteiger partial charge in [0.1, 0.15) is 0 Å². The molecule has 0 aromatic heterocycles. The Kier molecular flexibility index (Phi) is 10.4. The van der Waals surface area contributed by atoms with Crippen molar-refractivity contribution in [2.45, 2.75) is 10.8 Å². The zero-order chi connectivity index (χ0) is 52.8. The molecule has 0 radical (unpaired) electrons. The first-order valence-corrected chi connectivity index (χ1v) is 27.8. The van der Waals surface area contributed by atoms with Crippen molar-refractivity contribution < 1.29 is 0 Å². The quantitative estimate of drug-likeness (QED) is 0.133. The van der Waals surface area contributed by atoms with E-state index < -0.39 is 10.8 Å². The normalized spacial score (nSPS) is 13.4. The Morgan fingerprint density at radius 2 is 0.637 bits per heavy atom. The van der Waals surface area contributed by atoms with Crippen LogP contribution in [0.15, 0.2) is 303 Å². The van der Waals surface area contributed by atoms with E-state index in [0.29, 0.717) is 0 Å². The van der Waals surface area contributed by atoms with Gasteiger partial charge in [-0.25, -0.2) is 0 Å². The van der Waals surface area contributed by atoms with Gasteiger partial charge in [0, 0.05) is 38.8 Å². The summed E-state index contributed by atoms with van der Waals surface area (Å²) >= 11 is 0. The highest BCUT2D eigenvalue weighted by molar-refractivity contribution is 6.32. The van der Waals surface area contributed by atoms with Crippen LogP contribution >= 0.6 is 0 Å². The molecule has 0 bridgehead atoms. The third-order valence-corrected chi connectivity index (χ3v) is 17.5. The molecular weight excluding hydrogens is 965 g/mol. The zero-order valence-electron chi connectivity index (χ0n) is 43.9. The minimum Gasteiger partial charge on any atom is -0.355 e. The van der Waals surface area contributed by atoms with E-state index in [4.69, 9.17) is 0 Å². The van der Waals surface area contributed by atoms with Crippen molar-refractivity contribution in [2.24, 2.45) is 0 Å². The first kappa shape index (κ1) is 45.9. The Labute approximate surface area is 466 Å². The number of anilines is 4. The molecule has 16 rings (SSSR count). The van der Waals surface area contributed by atoms with Crippen LogP contribution in [0.25, 0.3) is 76.8 Å². The van der Waals surface area contributed by atoms with Crippen LogP contribution in [0.4, 0.5) is 22.7 Å². The van der Waals surface area contributed by atoms with Crippen molar-refractivity contribution in [1.82, 2.24) is 0 Å². The maximum absolute atomic E-state index is 4.22. The van der Waals surface area contributed by atoms with Crippen molar-refractivity contribution >= 4 is 55.1 Å². The highest BCUT2D eigenvalue weighted by Gasteiger charge is 2.47. The molecule has 0 heterocycles. The average Bonchev–Trinajstić information content (AvgIpc) is 4.18. The smallest absolute Gasteiger partial charge is 0.0714 e. The second-order valence-electron chi connectivity index (χ2n) is 21.5. The van der Waals surface area contributed by atoms with Crippen molar-refractivity contribution in [1.29, 1.82) is 0 Å². The molecular formula is C78H52N2. The molecule has 2 aliphatic carbocycles. The molecule has 374 valence electrons. The molecule has 0 saturated heterocycles. The second kappa shape index (κ2) is 18.2. The van der Waals surface area contributed by atoms with Crippen molar-refractivity contribution in [3.63, 3.8) is 0 Å². The minimum absolute atomic E-state index is 0.504. The summed E-state index contributed by atoms with van der Waals surface area (Å²) in [5, 5.41) is 15.5. The van der Waals surface area contributed by atoms with Gasteiger partial charge in [-0.2, -0.15) is 0 Å². The predicted molar refractivity (Wildman–Crippen MR) is 335 cm³/mol. The van der Waals surface area contributed by atoms with Gasteiger partial charge in [0.05, 0.1) is 16.5 Å². The van der Waals surface area contributed by atoms with E-state index in [-0.39, 0.29) is 0 Å². The van der Waals surface area contributed by atoms with Crippen LogP contribution in [0, 0.1) is 0 Å². The summed E-state index contributed by atoms with van der Waals surface area (Å²) in [4.78, 5) is 0. The molecule has 0 amide bonds. The Bertz CT molecular complexity index is 4610.